The van der Waals surface area contributed by atoms with Crippen LogP contribution in [-0.2, 0) is 28.8 Å². The van der Waals surface area contributed by atoms with Crippen molar-refractivity contribution in [2.24, 2.45) is 0 Å². The van der Waals surface area contributed by atoms with E-state index in [9.17, 15) is 28.8 Å². The van der Waals surface area contributed by atoms with Crippen molar-refractivity contribution in [1.82, 2.24) is 31.9 Å². The molecule has 176 valence electrons. The minimum absolute atomic E-state index is 0.348. The molecule has 0 saturated carbocycles. The molecule has 0 radical (unpaired) electrons. The van der Waals surface area contributed by atoms with Crippen molar-refractivity contribution in [2.45, 2.75) is 78.7 Å². The third kappa shape index (κ3) is 10.4. The van der Waals surface area contributed by atoms with Crippen LogP contribution < -0.4 is 31.9 Å². The highest BCUT2D eigenvalue weighted by Crippen LogP contribution is 1.93. The highest BCUT2D eigenvalue weighted by Gasteiger charge is 2.26. The first-order valence-electron chi connectivity index (χ1n) is 10.1. The van der Waals surface area contributed by atoms with Crippen LogP contribution in [0, 0.1) is 0 Å². The van der Waals surface area contributed by atoms with E-state index in [-0.39, 0.29) is 11.8 Å². The number of carbonyl (C=O) groups is 6. The lowest BCUT2D eigenvalue weighted by atomic mass is 10.2. The molecule has 0 unspecified atom stereocenters. The predicted molar refractivity (Wildman–Crippen MR) is 112 cm³/mol. The summed E-state index contributed by atoms with van der Waals surface area (Å²) >= 11 is 0. The molecule has 31 heavy (non-hydrogen) atoms. The molecular weight excluding hydrogens is 408 g/mol. The Labute approximate surface area is 182 Å². The minimum atomic E-state index is -0.990. The van der Waals surface area contributed by atoms with Gasteiger partial charge in [-0.15, -0.1) is 0 Å². The second kappa shape index (κ2) is 13.2. The van der Waals surface area contributed by atoms with E-state index in [4.69, 9.17) is 0 Å². The normalized spacial score (nSPS) is 15.2. The molecule has 0 spiro atoms. The number of hydrogen-bond acceptors (Lipinski definition) is 6. The summed E-state index contributed by atoms with van der Waals surface area (Å²) in [5.41, 5.74) is 0. The minimum Gasteiger partial charge on any atom is -0.355 e. The van der Waals surface area contributed by atoms with Gasteiger partial charge in [0.2, 0.25) is 35.4 Å². The molecule has 0 aliphatic carbocycles. The van der Waals surface area contributed by atoms with Gasteiger partial charge in [-0.25, -0.2) is 0 Å². The van der Waals surface area contributed by atoms with E-state index < -0.39 is 53.8 Å². The fourth-order valence-corrected chi connectivity index (χ4v) is 2.31. The molecule has 12 heteroatoms. The van der Waals surface area contributed by atoms with E-state index in [1.165, 1.54) is 41.5 Å². The molecule has 0 aliphatic rings. The van der Waals surface area contributed by atoms with Crippen molar-refractivity contribution in [1.29, 1.82) is 0 Å². The lowest BCUT2D eigenvalue weighted by Crippen LogP contribution is -2.57. The lowest BCUT2D eigenvalue weighted by Gasteiger charge is -2.22. The van der Waals surface area contributed by atoms with Crippen LogP contribution in [0.4, 0.5) is 0 Å². The molecule has 0 saturated heterocycles. The van der Waals surface area contributed by atoms with Gasteiger partial charge in [-0.05, 0) is 41.5 Å². The standard InChI is InChI=1S/C19H34N6O6/c1-8-20-15(27)9(2)22-17(29)11(4)24-19(31)13(6)25-18(30)12(5)23-16(28)10(3)21-14(7)26/h9-13H,8H2,1-7H3,(H,20,27)(H,21,26)(H,22,29)(H,23,28)(H,24,31)(H,25,30)/t9-,10-,11-,12-,13-/m0/s1. The summed E-state index contributed by atoms with van der Waals surface area (Å²) < 4.78 is 0. The highest BCUT2D eigenvalue weighted by molar-refractivity contribution is 5.95. The zero-order valence-corrected chi connectivity index (χ0v) is 19.0. The second-order valence-corrected chi connectivity index (χ2v) is 7.24. The maximum atomic E-state index is 12.3. The van der Waals surface area contributed by atoms with Gasteiger partial charge in [-0.2, -0.15) is 0 Å². The van der Waals surface area contributed by atoms with Crippen LogP contribution in [0.15, 0.2) is 0 Å². The topological polar surface area (TPSA) is 175 Å². The van der Waals surface area contributed by atoms with Gasteiger partial charge in [0.15, 0.2) is 0 Å². The molecule has 5 atom stereocenters. The van der Waals surface area contributed by atoms with Crippen molar-refractivity contribution < 1.29 is 28.8 Å². The van der Waals surface area contributed by atoms with E-state index in [1.54, 1.807) is 6.92 Å². The van der Waals surface area contributed by atoms with Crippen molar-refractivity contribution in [2.75, 3.05) is 6.54 Å². The molecular formula is C19H34N6O6. The number of nitrogens with one attached hydrogen (secondary N) is 6. The summed E-state index contributed by atoms with van der Waals surface area (Å²) in [6.45, 7) is 10.7. The van der Waals surface area contributed by atoms with Gasteiger partial charge in [-0.1, -0.05) is 0 Å². The fourth-order valence-electron chi connectivity index (χ4n) is 2.31. The number of carbonyl (C=O) groups excluding carboxylic acids is 6. The Morgan fingerprint density at radius 1 is 0.516 bits per heavy atom. The third-order valence-corrected chi connectivity index (χ3v) is 4.17. The van der Waals surface area contributed by atoms with Gasteiger partial charge in [0, 0.05) is 13.5 Å². The molecule has 0 aromatic heterocycles. The molecule has 6 amide bonds. The first-order chi connectivity index (χ1) is 14.3. The monoisotopic (exact) mass is 442 g/mol. The quantitative estimate of drug-likeness (QED) is 0.209. The Morgan fingerprint density at radius 3 is 1.03 bits per heavy atom. The van der Waals surface area contributed by atoms with Crippen LogP contribution in [0.25, 0.3) is 0 Å². The Bertz CT molecular complexity index is 697. The summed E-state index contributed by atoms with van der Waals surface area (Å²) in [5, 5.41) is 14.8. The maximum absolute atomic E-state index is 12.3. The Hall–Kier alpha value is -3.18. The van der Waals surface area contributed by atoms with Crippen molar-refractivity contribution in [3.05, 3.63) is 0 Å². The third-order valence-electron chi connectivity index (χ3n) is 4.17. The van der Waals surface area contributed by atoms with E-state index >= 15 is 0 Å². The molecule has 6 N–H and O–H groups in total. The number of amides is 6. The van der Waals surface area contributed by atoms with Gasteiger partial charge >= 0.3 is 0 Å². The van der Waals surface area contributed by atoms with Gasteiger partial charge in [-0.3, -0.25) is 28.8 Å². The van der Waals surface area contributed by atoms with Crippen LogP contribution in [0.3, 0.4) is 0 Å². The zero-order chi connectivity index (χ0) is 24.3. The molecule has 0 rings (SSSR count). The van der Waals surface area contributed by atoms with Crippen LogP contribution in [0.5, 0.6) is 0 Å². The summed E-state index contributed by atoms with van der Waals surface area (Å²) in [6, 6.07) is -4.49. The molecule has 0 fully saturated rings. The van der Waals surface area contributed by atoms with Crippen LogP contribution >= 0.6 is 0 Å². The molecule has 12 nitrogen and oxygen atoms in total. The SMILES string of the molecule is CCNC(=O)[C@H](C)NC(=O)[C@H](C)NC(=O)[C@H](C)NC(=O)[C@H](C)NC(=O)[C@H](C)NC(C)=O. The summed E-state index contributed by atoms with van der Waals surface area (Å²) in [6.07, 6.45) is 0. The van der Waals surface area contributed by atoms with Crippen molar-refractivity contribution in [3.63, 3.8) is 0 Å². The van der Waals surface area contributed by atoms with Crippen molar-refractivity contribution in [3.8, 4) is 0 Å². The molecule has 0 bridgehead atoms. The van der Waals surface area contributed by atoms with Gasteiger partial charge in [0.25, 0.3) is 0 Å². The van der Waals surface area contributed by atoms with Gasteiger partial charge in [0.05, 0.1) is 0 Å². The first kappa shape index (κ1) is 27.8. The van der Waals surface area contributed by atoms with Crippen LogP contribution in [0.1, 0.15) is 48.5 Å². The average Bonchev–Trinajstić information content (AvgIpc) is 2.66. The Kier molecular flexibility index (Phi) is 11.8. The van der Waals surface area contributed by atoms with E-state index in [0.29, 0.717) is 6.54 Å². The molecule has 0 aromatic rings. The molecule has 0 aromatic carbocycles. The second-order valence-electron chi connectivity index (χ2n) is 7.24. The first-order valence-corrected chi connectivity index (χ1v) is 10.1. The fraction of sp³-hybridized carbons (Fsp3) is 0.684. The summed E-state index contributed by atoms with van der Waals surface area (Å²) in [7, 11) is 0. The van der Waals surface area contributed by atoms with Crippen LogP contribution in [-0.4, -0.2) is 72.2 Å². The molecule has 0 heterocycles. The number of likely N-dealkylation sites (N-methyl/N-ethyl adjacent to an activating group) is 1. The van der Waals surface area contributed by atoms with E-state index in [0.717, 1.165) is 0 Å². The predicted octanol–water partition coefficient (Wildman–Crippen LogP) is -2.33. The van der Waals surface area contributed by atoms with Gasteiger partial charge < -0.3 is 31.9 Å². The van der Waals surface area contributed by atoms with Crippen molar-refractivity contribution >= 4 is 35.4 Å². The number of rotatable bonds is 11. The summed E-state index contributed by atoms with van der Waals surface area (Å²) in [4.78, 5) is 71.3. The largest absolute Gasteiger partial charge is 0.355 e. The maximum Gasteiger partial charge on any atom is 0.242 e. The highest BCUT2D eigenvalue weighted by atomic mass is 16.2. The lowest BCUT2D eigenvalue weighted by molar-refractivity contribution is -0.134. The number of hydrogen-bond donors (Lipinski definition) is 6. The Morgan fingerprint density at radius 2 is 0.774 bits per heavy atom. The van der Waals surface area contributed by atoms with E-state index in [2.05, 4.69) is 31.9 Å². The average molecular weight is 443 g/mol. The van der Waals surface area contributed by atoms with Crippen LogP contribution in [0.2, 0.25) is 0 Å². The van der Waals surface area contributed by atoms with Gasteiger partial charge in [0.1, 0.15) is 30.2 Å². The molecule has 0 aliphatic heterocycles. The van der Waals surface area contributed by atoms with E-state index in [1.807, 2.05) is 0 Å². The smallest absolute Gasteiger partial charge is 0.242 e. The zero-order valence-electron chi connectivity index (χ0n) is 19.0. The summed E-state index contributed by atoms with van der Waals surface area (Å²) in [5.74, 6) is -3.08. The Balaban J connectivity index is 4.61.